The number of carbonyl (C=O) groups excluding carboxylic acids is 1. The van der Waals surface area contributed by atoms with E-state index in [1.54, 1.807) is 17.3 Å². The molecular formula is C18H22N4O. The topological polar surface area (TPSA) is 49.3 Å². The molecule has 3 rings (SSSR count). The maximum absolute atomic E-state index is 12.3. The minimum absolute atomic E-state index is 0.0619. The molecule has 1 aromatic heterocycles. The fourth-order valence-electron chi connectivity index (χ4n) is 3.02. The third-order valence-corrected chi connectivity index (χ3v) is 4.29. The van der Waals surface area contributed by atoms with E-state index in [2.05, 4.69) is 33.1 Å². The van der Waals surface area contributed by atoms with Crippen LogP contribution in [0.4, 0.5) is 11.5 Å². The number of aryl methyl sites for hydroxylation is 1. The molecule has 5 heteroatoms. The molecule has 120 valence electrons. The summed E-state index contributed by atoms with van der Waals surface area (Å²) in [5.41, 5.74) is 2.93. The normalized spacial score (nSPS) is 13.6. The molecule has 0 fully saturated rings. The van der Waals surface area contributed by atoms with Crippen LogP contribution in [0.5, 0.6) is 0 Å². The Hall–Kier alpha value is -2.43. The van der Waals surface area contributed by atoms with Gasteiger partial charge in [-0.1, -0.05) is 18.2 Å². The van der Waals surface area contributed by atoms with Crippen LogP contribution in [0, 0.1) is 0 Å². The first-order chi connectivity index (χ1) is 11.2. The summed E-state index contributed by atoms with van der Waals surface area (Å²) in [5.74, 6) is 0.737. The van der Waals surface area contributed by atoms with Gasteiger partial charge in [0.25, 0.3) is 5.91 Å². The molecule has 5 nitrogen and oxygen atoms in total. The minimum Gasteiger partial charge on any atom is -0.338 e. The summed E-state index contributed by atoms with van der Waals surface area (Å²) in [7, 11) is 0. The third-order valence-electron chi connectivity index (χ3n) is 4.29. The number of carbonyl (C=O) groups is 1. The highest BCUT2D eigenvalue weighted by Crippen LogP contribution is 2.31. The zero-order valence-corrected chi connectivity index (χ0v) is 13.7. The van der Waals surface area contributed by atoms with Gasteiger partial charge in [-0.2, -0.15) is 0 Å². The van der Waals surface area contributed by atoms with Gasteiger partial charge in [-0.15, -0.1) is 0 Å². The average molecular weight is 310 g/mol. The van der Waals surface area contributed by atoms with Crippen molar-refractivity contribution in [2.75, 3.05) is 24.5 Å². The SMILES string of the molecule is CCN(CC)C(=O)c1cnc(N2CCCc3ccccc32)cn1. The number of nitrogens with zero attached hydrogens (tertiary/aromatic N) is 4. The van der Waals surface area contributed by atoms with Gasteiger partial charge in [-0.05, 0) is 38.3 Å². The summed E-state index contributed by atoms with van der Waals surface area (Å²) >= 11 is 0. The largest absolute Gasteiger partial charge is 0.338 e. The number of anilines is 2. The van der Waals surface area contributed by atoms with Crippen molar-refractivity contribution in [3.05, 3.63) is 47.9 Å². The highest BCUT2D eigenvalue weighted by molar-refractivity contribution is 5.92. The monoisotopic (exact) mass is 310 g/mol. The molecule has 0 radical (unpaired) electrons. The van der Waals surface area contributed by atoms with Crippen LogP contribution in [-0.4, -0.2) is 40.4 Å². The van der Waals surface area contributed by atoms with Gasteiger partial charge in [0.15, 0.2) is 5.82 Å². The number of benzene rings is 1. The Morgan fingerprint density at radius 1 is 1.17 bits per heavy atom. The molecule has 2 heterocycles. The summed E-state index contributed by atoms with van der Waals surface area (Å²) in [6.07, 6.45) is 5.49. The second-order valence-electron chi connectivity index (χ2n) is 5.62. The highest BCUT2D eigenvalue weighted by atomic mass is 16.2. The Kier molecular flexibility index (Phi) is 4.55. The van der Waals surface area contributed by atoms with Gasteiger partial charge >= 0.3 is 0 Å². The van der Waals surface area contributed by atoms with Crippen molar-refractivity contribution in [3.8, 4) is 0 Å². The second kappa shape index (κ2) is 6.77. The van der Waals surface area contributed by atoms with Gasteiger partial charge < -0.3 is 9.80 Å². The molecule has 23 heavy (non-hydrogen) atoms. The van der Waals surface area contributed by atoms with Gasteiger partial charge in [-0.25, -0.2) is 9.97 Å². The number of para-hydroxylation sites is 1. The third kappa shape index (κ3) is 3.04. The number of aromatic nitrogens is 2. The molecular weight excluding hydrogens is 288 g/mol. The number of hydrogen-bond donors (Lipinski definition) is 0. The van der Waals surface area contributed by atoms with E-state index < -0.39 is 0 Å². The molecule has 1 aromatic carbocycles. The van der Waals surface area contributed by atoms with Crippen molar-refractivity contribution in [2.45, 2.75) is 26.7 Å². The number of hydrogen-bond acceptors (Lipinski definition) is 4. The molecule has 0 atom stereocenters. The summed E-state index contributed by atoms with van der Waals surface area (Å²) in [6.45, 7) is 6.22. The molecule has 0 spiro atoms. The Morgan fingerprint density at radius 2 is 1.96 bits per heavy atom. The van der Waals surface area contributed by atoms with Crippen LogP contribution in [0.25, 0.3) is 0 Å². The van der Waals surface area contributed by atoms with Crippen molar-refractivity contribution >= 4 is 17.4 Å². The fourth-order valence-corrected chi connectivity index (χ4v) is 3.02. The van der Waals surface area contributed by atoms with Gasteiger partial charge in [0.1, 0.15) is 5.69 Å². The average Bonchev–Trinajstić information content (AvgIpc) is 2.62. The maximum atomic E-state index is 12.3. The first-order valence-corrected chi connectivity index (χ1v) is 8.21. The number of amides is 1. The predicted octanol–water partition coefficient (Wildman–Crippen LogP) is 3.04. The lowest BCUT2D eigenvalue weighted by molar-refractivity contribution is 0.0766. The van der Waals surface area contributed by atoms with Gasteiger partial charge in [0.2, 0.25) is 0 Å². The molecule has 0 N–H and O–H groups in total. The summed E-state index contributed by atoms with van der Waals surface area (Å²) in [6, 6.07) is 8.39. The molecule has 0 unspecified atom stereocenters. The van der Waals surface area contributed by atoms with Gasteiger partial charge in [0.05, 0.1) is 12.4 Å². The minimum atomic E-state index is -0.0619. The maximum Gasteiger partial charge on any atom is 0.274 e. The van der Waals surface area contributed by atoms with Crippen LogP contribution in [0.1, 0.15) is 36.3 Å². The first-order valence-electron chi connectivity index (χ1n) is 8.21. The standard InChI is InChI=1S/C18H22N4O/c1-3-21(4-2)18(23)15-12-20-17(13-19-15)22-11-7-9-14-8-5-6-10-16(14)22/h5-6,8,10,12-13H,3-4,7,9,11H2,1-2H3. The Balaban J connectivity index is 1.85. The molecule has 0 saturated heterocycles. The van der Waals surface area contributed by atoms with Crippen molar-refractivity contribution in [3.63, 3.8) is 0 Å². The Labute approximate surface area is 137 Å². The summed E-state index contributed by atoms with van der Waals surface area (Å²) < 4.78 is 0. The quantitative estimate of drug-likeness (QED) is 0.871. The van der Waals surface area contributed by atoms with E-state index in [-0.39, 0.29) is 5.91 Å². The Morgan fingerprint density at radius 3 is 2.65 bits per heavy atom. The lowest BCUT2D eigenvalue weighted by atomic mass is 10.0. The summed E-state index contributed by atoms with van der Waals surface area (Å²) in [4.78, 5) is 25.1. The molecule has 0 bridgehead atoms. The fraction of sp³-hybridized carbons (Fsp3) is 0.389. The van der Waals surface area contributed by atoms with Crippen LogP contribution in [-0.2, 0) is 6.42 Å². The summed E-state index contributed by atoms with van der Waals surface area (Å²) in [5, 5.41) is 0. The van der Waals surface area contributed by atoms with Crippen molar-refractivity contribution in [1.82, 2.24) is 14.9 Å². The highest BCUT2D eigenvalue weighted by Gasteiger charge is 2.20. The van der Waals surface area contributed by atoms with E-state index in [0.29, 0.717) is 18.8 Å². The zero-order valence-electron chi connectivity index (χ0n) is 13.7. The van der Waals surface area contributed by atoms with E-state index in [0.717, 1.165) is 25.2 Å². The molecule has 1 amide bonds. The van der Waals surface area contributed by atoms with Crippen LogP contribution in [0.3, 0.4) is 0 Å². The lowest BCUT2D eigenvalue weighted by Gasteiger charge is -2.30. The Bertz CT molecular complexity index is 680. The van der Waals surface area contributed by atoms with Crippen molar-refractivity contribution < 1.29 is 4.79 Å². The number of rotatable bonds is 4. The van der Waals surface area contributed by atoms with E-state index >= 15 is 0 Å². The van der Waals surface area contributed by atoms with Crippen LogP contribution in [0.15, 0.2) is 36.7 Å². The van der Waals surface area contributed by atoms with E-state index in [1.165, 1.54) is 11.3 Å². The molecule has 0 aliphatic carbocycles. The zero-order chi connectivity index (χ0) is 16.2. The first kappa shape index (κ1) is 15.5. The van der Waals surface area contributed by atoms with E-state index in [4.69, 9.17) is 0 Å². The second-order valence-corrected chi connectivity index (χ2v) is 5.62. The van der Waals surface area contributed by atoms with Gasteiger partial charge in [-0.3, -0.25) is 4.79 Å². The van der Waals surface area contributed by atoms with E-state index in [9.17, 15) is 4.79 Å². The lowest BCUT2D eigenvalue weighted by Crippen LogP contribution is -2.31. The van der Waals surface area contributed by atoms with E-state index in [1.807, 2.05) is 19.9 Å². The smallest absolute Gasteiger partial charge is 0.274 e. The van der Waals surface area contributed by atoms with Crippen LogP contribution >= 0.6 is 0 Å². The molecule has 0 saturated carbocycles. The van der Waals surface area contributed by atoms with Crippen LogP contribution < -0.4 is 4.90 Å². The molecule has 1 aliphatic heterocycles. The number of fused-ring (bicyclic) bond motifs is 1. The van der Waals surface area contributed by atoms with Gasteiger partial charge in [0, 0.05) is 25.3 Å². The van der Waals surface area contributed by atoms with Crippen LogP contribution in [0.2, 0.25) is 0 Å². The molecule has 1 aliphatic rings. The van der Waals surface area contributed by atoms with Crippen molar-refractivity contribution in [2.24, 2.45) is 0 Å². The van der Waals surface area contributed by atoms with Crippen molar-refractivity contribution in [1.29, 1.82) is 0 Å². The molecule has 2 aromatic rings. The predicted molar refractivity (Wildman–Crippen MR) is 91.1 cm³/mol.